The summed E-state index contributed by atoms with van der Waals surface area (Å²) in [7, 11) is 0. The molecule has 1 rings (SSSR count). The van der Waals surface area contributed by atoms with E-state index in [-0.39, 0.29) is 17.7 Å². The molecule has 6 nitrogen and oxygen atoms in total. The lowest BCUT2D eigenvalue weighted by Crippen LogP contribution is -2.51. The summed E-state index contributed by atoms with van der Waals surface area (Å²) in [4.78, 5) is 22.9. The van der Waals surface area contributed by atoms with Gasteiger partial charge >= 0.3 is 5.97 Å². The predicted molar refractivity (Wildman–Crippen MR) is 63.6 cm³/mol. The number of carboxylic acid groups (broad SMARTS) is 1. The summed E-state index contributed by atoms with van der Waals surface area (Å²) in [6, 6.07) is 3.47. The Morgan fingerprint density at radius 1 is 1.33 bits per heavy atom. The van der Waals surface area contributed by atoms with E-state index in [4.69, 9.17) is 10.2 Å². The second kappa shape index (κ2) is 4.95. The molecule has 1 unspecified atom stereocenters. The van der Waals surface area contributed by atoms with Crippen LogP contribution in [-0.4, -0.2) is 32.7 Å². The highest BCUT2D eigenvalue weighted by Crippen LogP contribution is 2.23. The van der Waals surface area contributed by atoms with Crippen LogP contribution >= 0.6 is 0 Å². The summed E-state index contributed by atoms with van der Waals surface area (Å²) in [6.45, 7) is 3.01. The molecule has 1 atom stereocenters. The molecule has 1 aromatic carbocycles. The number of rotatable bonds is 4. The molecule has 0 fully saturated rings. The Bertz CT molecular complexity index is 485. The monoisotopic (exact) mass is 253 g/mol. The van der Waals surface area contributed by atoms with Crippen molar-refractivity contribution in [3.8, 4) is 11.5 Å². The van der Waals surface area contributed by atoms with Gasteiger partial charge in [0, 0.05) is 6.07 Å². The van der Waals surface area contributed by atoms with Gasteiger partial charge in [0.25, 0.3) is 5.91 Å². The quantitative estimate of drug-likeness (QED) is 0.642. The third-order valence-electron chi connectivity index (χ3n) is 2.79. The molecule has 0 aliphatic carbocycles. The smallest absolute Gasteiger partial charge is 0.329 e. The fraction of sp³-hybridized carbons (Fsp3) is 0.333. The van der Waals surface area contributed by atoms with Crippen molar-refractivity contribution < 1.29 is 24.9 Å². The first-order valence-electron chi connectivity index (χ1n) is 5.38. The minimum Gasteiger partial charge on any atom is -0.508 e. The van der Waals surface area contributed by atoms with E-state index >= 15 is 0 Å². The van der Waals surface area contributed by atoms with Crippen molar-refractivity contribution in [3.05, 3.63) is 23.8 Å². The van der Waals surface area contributed by atoms with Gasteiger partial charge in [-0.2, -0.15) is 0 Å². The average molecular weight is 253 g/mol. The SMILES string of the molecule is CCC(C)(NC(=O)c1ccc(O)cc1O)C(=O)O. The number of aliphatic carboxylic acids is 1. The van der Waals surface area contributed by atoms with E-state index in [0.717, 1.165) is 6.07 Å². The van der Waals surface area contributed by atoms with Gasteiger partial charge in [-0.05, 0) is 25.5 Å². The van der Waals surface area contributed by atoms with Crippen LogP contribution in [0.1, 0.15) is 30.6 Å². The van der Waals surface area contributed by atoms with Crippen molar-refractivity contribution >= 4 is 11.9 Å². The molecule has 0 radical (unpaired) electrons. The Labute approximate surface area is 104 Å². The van der Waals surface area contributed by atoms with E-state index in [1.165, 1.54) is 19.1 Å². The lowest BCUT2D eigenvalue weighted by molar-refractivity contribution is -0.143. The van der Waals surface area contributed by atoms with Gasteiger partial charge in [-0.1, -0.05) is 6.92 Å². The number of phenolic OH excluding ortho intramolecular Hbond substituents is 2. The molecule has 0 aliphatic rings. The molecule has 98 valence electrons. The van der Waals surface area contributed by atoms with Gasteiger partial charge in [0.15, 0.2) is 0 Å². The molecule has 4 N–H and O–H groups in total. The third-order valence-corrected chi connectivity index (χ3v) is 2.79. The first kappa shape index (κ1) is 13.8. The number of aromatic hydroxyl groups is 2. The Morgan fingerprint density at radius 2 is 1.94 bits per heavy atom. The zero-order chi connectivity index (χ0) is 13.9. The Balaban J connectivity index is 2.98. The number of amides is 1. The molecule has 1 aromatic rings. The average Bonchev–Trinajstić information content (AvgIpc) is 2.28. The standard InChI is InChI=1S/C12H15NO5/c1-3-12(2,11(17)18)13-10(16)8-5-4-7(14)6-9(8)15/h4-6,14-15H,3H2,1-2H3,(H,13,16)(H,17,18). The van der Waals surface area contributed by atoms with Crippen LogP contribution in [0.5, 0.6) is 11.5 Å². The number of carbonyl (C=O) groups excluding carboxylic acids is 1. The fourth-order valence-electron chi connectivity index (χ4n) is 1.32. The fourth-order valence-corrected chi connectivity index (χ4v) is 1.32. The molecule has 1 amide bonds. The maximum Gasteiger partial charge on any atom is 0.329 e. The molecule has 0 aliphatic heterocycles. The number of hydrogen-bond acceptors (Lipinski definition) is 4. The highest BCUT2D eigenvalue weighted by molar-refractivity contribution is 5.99. The van der Waals surface area contributed by atoms with Gasteiger partial charge in [0.2, 0.25) is 0 Å². The number of nitrogens with one attached hydrogen (secondary N) is 1. The lowest BCUT2D eigenvalue weighted by Gasteiger charge is -2.24. The maximum absolute atomic E-state index is 11.8. The second-order valence-corrected chi connectivity index (χ2v) is 4.15. The number of benzene rings is 1. The zero-order valence-corrected chi connectivity index (χ0v) is 10.1. The second-order valence-electron chi connectivity index (χ2n) is 4.15. The summed E-state index contributed by atoms with van der Waals surface area (Å²) < 4.78 is 0. The highest BCUT2D eigenvalue weighted by Gasteiger charge is 2.33. The van der Waals surface area contributed by atoms with Crippen molar-refractivity contribution in [1.29, 1.82) is 0 Å². The normalized spacial score (nSPS) is 13.7. The highest BCUT2D eigenvalue weighted by atomic mass is 16.4. The van der Waals surface area contributed by atoms with Gasteiger partial charge in [0.1, 0.15) is 17.0 Å². The Hall–Kier alpha value is -2.24. The number of phenols is 2. The van der Waals surface area contributed by atoms with Crippen molar-refractivity contribution in [2.45, 2.75) is 25.8 Å². The largest absolute Gasteiger partial charge is 0.508 e. The van der Waals surface area contributed by atoms with E-state index in [9.17, 15) is 14.7 Å². The van der Waals surface area contributed by atoms with Crippen LogP contribution in [-0.2, 0) is 4.79 Å². The summed E-state index contributed by atoms with van der Waals surface area (Å²) in [5.74, 6) is -2.45. The maximum atomic E-state index is 11.8. The van der Waals surface area contributed by atoms with Gasteiger partial charge < -0.3 is 20.6 Å². The summed E-state index contributed by atoms with van der Waals surface area (Å²) in [5.41, 5.74) is -1.49. The molecule has 0 spiro atoms. The summed E-state index contributed by atoms with van der Waals surface area (Å²) in [6.07, 6.45) is 0.201. The molecule has 0 saturated heterocycles. The van der Waals surface area contributed by atoms with Crippen molar-refractivity contribution in [2.24, 2.45) is 0 Å². The molecule has 0 bridgehead atoms. The van der Waals surface area contributed by atoms with Crippen LogP contribution in [0, 0.1) is 0 Å². The first-order chi connectivity index (χ1) is 8.30. The van der Waals surface area contributed by atoms with Crippen molar-refractivity contribution in [1.82, 2.24) is 5.32 Å². The predicted octanol–water partition coefficient (Wildman–Crippen LogP) is 1.08. The van der Waals surface area contributed by atoms with E-state index in [0.29, 0.717) is 0 Å². The van der Waals surface area contributed by atoms with E-state index < -0.39 is 23.2 Å². The van der Waals surface area contributed by atoms with E-state index in [1.807, 2.05) is 0 Å². The van der Waals surface area contributed by atoms with Crippen LogP contribution in [0.3, 0.4) is 0 Å². The summed E-state index contributed by atoms with van der Waals surface area (Å²) >= 11 is 0. The van der Waals surface area contributed by atoms with Crippen LogP contribution < -0.4 is 5.32 Å². The molecule has 18 heavy (non-hydrogen) atoms. The van der Waals surface area contributed by atoms with Crippen molar-refractivity contribution in [3.63, 3.8) is 0 Å². The van der Waals surface area contributed by atoms with Crippen LogP contribution in [0.4, 0.5) is 0 Å². The van der Waals surface area contributed by atoms with Crippen LogP contribution in [0.2, 0.25) is 0 Å². The molecule has 0 aromatic heterocycles. The molecular formula is C12H15NO5. The third kappa shape index (κ3) is 2.71. The zero-order valence-electron chi connectivity index (χ0n) is 10.1. The number of carbonyl (C=O) groups is 2. The van der Waals surface area contributed by atoms with Crippen LogP contribution in [0.15, 0.2) is 18.2 Å². The number of carboxylic acids is 1. The molecule has 0 heterocycles. The summed E-state index contributed by atoms with van der Waals surface area (Å²) in [5, 5.41) is 30.0. The Morgan fingerprint density at radius 3 is 2.39 bits per heavy atom. The van der Waals surface area contributed by atoms with E-state index in [1.54, 1.807) is 6.92 Å². The minimum atomic E-state index is -1.40. The molecular weight excluding hydrogens is 238 g/mol. The number of hydrogen-bond donors (Lipinski definition) is 4. The topological polar surface area (TPSA) is 107 Å². The van der Waals surface area contributed by atoms with Gasteiger partial charge in [-0.25, -0.2) is 4.79 Å². The molecule has 6 heteroatoms. The molecule has 0 saturated carbocycles. The van der Waals surface area contributed by atoms with E-state index in [2.05, 4.69) is 5.32 Å². The van der Waals surface area contributed by atoms with Gasteiger partial charge in [0.05, 0.1) is 5.56 Å². The first-order valence-corrected chi connectivity index (χ1v) is 5.38. The Kier molecular flexibility index (Phi) is 3.80. The van der Waals surface area contributed by atoms with Gasteiger partial charge in [-0.15, -0.1) is 0 Å². The van der Waals surface area contributed by atoms with Crippen LogP contribution in [0.25, 0.3) is 0 Å². The lowest BCUT2D eigenvalue weighted by atomic mass is 9.98. The minimum absolute atomic E-state index is 0.0891. The van der Waals surface area contributed by atoms with Gasteiger partial charge in [-0.3, -0.25) is 4.79 Å². The van der Waals surface area contributed by atoms with Crippen molar-refractivity contribution in [2.75, 3.05) is 0 Å².